The van der Waals surface area contributed by atoms with E-state index < -0.39 is 0 Å². The van der Waals surface area contributed by atoms with E-state index in [4.69, 9.17) is 28.9 Å². The van der Waals surface area contributed by atoms with Gasteiger partial charge in [0.1, 0.15) is 0 Å². The number of rotatable bonds is 4. The Balaban J connectivity index is 0.00000200. The molecule has 2 N–H and O–H groups in total. The van der Waals surface area contributed by atoms with Crippen LogP contribution < -0.4 is 10.6 Å². The summed E-state index contributed by atoms with van der Waals surface area (Å²) < 4.78 is 0. The molecule has 0 bridgehead atoms. The molecule has 2 rings (SSSR count). The van der Waals surface area contributed by atoms with Crippen LogP contribution in [0.15, 0.2) is 18.2 Å². The molecule has 2 nitrogen and oxygen atoms in total. The van der Waals surface area contributed by atoms with Crippen molar-refractivity contribution in [2.75, 3.05) is 18.0 Å². The fraction of sp³-hybridized carbons (Fsp3) is 0.600. The van der Waals surface area contributed by atoms with Crippen molar-refractivity contribution in [3.8, 4) is 0 Å². The summed E-state index contributed by atoms with van der Waals surface area (Å²) in [6, 6.07) is 6.08. The molecule has 1 aromatic carbocycles. The lowest BCUT2D eigenvalue weighted by Gasteiger charge is -2.38. The van der Waals surface area contributed by atoms with Crippen LogP contribution in [0, 0.1) is 5.92 Å². The predicted octanol–water partition coefficient (Wildman–Crippen LogP) is 4.76. The van der Waals surface area contributed by atoms with Crippen LogP contribution in [0.25, 0.3) is 0 Å². The predicted molar refractivity (Wildman–Crippen MR) is 91.5 cm³/mol. The molecule has 0 spiro atoms. The lowest BCUT2D eigenvalue weighted by atomic mass is 9.88. The minimum atomic E-state index is 0. The van der Waals surface area contributed by atoms with Gasteiger partial charge in [-0.25, -0.2) is 0 Å². The maximum Gasteiger partial charge on any atom is 0.0441 e. The molecule has 1 aliphatic rings. The van der Waals surface area contributed by atoms with E-state index in [2.05, 4.69) is 11.8 Å². The smallest absolute Gasteiger partial charge is 0.0441 e. The highest BCUT2D eigenvalue weighted by atomic mass is 35.5. The zero-order chi connectivity index (χ0) is 13.8. The highest BCUT2D eigenvalue weighted by Crippen LogP contribution is 2.30. The van der Waals surface area contributed by atoms with Gasteiger partial charge in [0, 0.05) is 34.9 Å². The van der Waals surface area contributed by atoms with Gasteiger partial charge in [0.15, 0.2) is 0 Å². The molecule has 0 saturated carbocycles. The van der Waals surface area contributed by atoms with Crippen molar-refractivity contribution >= 4 is 41.3 Å². The Morgan fingerprint density at radius 1 is 1.25 bits per heavy atom. The van der Waals surface area contributed by atoms with Gasteiger partial charge in [-0.2, -0.15) is 0 Å². The largest absolute Gasteiger partial charge is 0.371 e. The molecule has 0 radical (unpaired) electrons. The Bertz CT molecular complexity index is 405. The van der Waals surface area contributed by atoms with Gasteiger partial charge in [-0.1, -0.05) is 43.0 Å². The molecule has 0 aliphatic carbocycles. The van der Waals surface area contributed by atoms with Crippen LogP contribution in [0.1, 0.15) is 32.6 Å². The Morgan fingerprint density at radius 3 is 2.50 bits per heavy atom. The molecule has 1 heterocycles. The van der Waals surface area contributed by atoms with Gasteiger partial charge in [0.2, 0.25) is 0 Å². The number of piperidine rings is 1. The number of nitrogens with zero attached hydrogens (tertiary/aromatic N) is 1. The summed E-state index contributed by atoms with van der Waals surface area (Å²) in [5, 5.41) is 1.39. The highest BCUT2D eigenvalue weighted by molar-refractivity contribution is 6.35. The topological polar surface area (TPSA) is 29.3 Å². The third-order valence-electron chi connectivity index (χ3n) is 3.93. The van der Waals surface area contributed by atoms with Crippen LogP contribution >= 0.6 is 35.6 Å². The molecule has 114 valence electrons. The van der Waals surface area contributed by atoms with Crippen molar-refractivity contribution in [2.45, 2.75) is 38.6 Å². The van der Waals surface area contributed by atoms with Crippen LogP contribution in [0.5, 0.6) is 0 Å². The molecule has 5 heteroatoms. The van der Waals surface area contributed by atoms with Gasteiger partial charge in [0.05, 0.1) is 0 Å². The van der Waals surface area contributed by atoms with E-state index in [0.29, 0.717) is 22.0 Å². The summed E-state index contributed by atoms with van der Waals surface area (Å²) in [5.74, 6) is 0.575. The Labute approximate surface area is 138 Å². The minimum absolute atomic E-state index is 0. The Kier molecular flexibility index (Phi) is 7.46. The number of nitrogens with two attached hydrogens (primary N) is 1. The van der Waals surface area contributed by atoms with E-state index in [9.17, 15) is 0 Å². The monoisotopic (exact) mass is 336 g/mol. The van der Waals surface area contributed by atoms with Crippen molar-refractivity contribution in [3.05, 3.63) is 28.2 Å². The molecular weight excluding hydrogens is 315 g/mol. The van der Waals surface area contributed by atoms with Gasteiger partial charge in [-0.05, 0) is 37.0 Å². The molecule has 0 unspecified atom stereocenters. The van der Waals surface area contributed by atoms with Crippen LogP contribution in [0.2, 0.25) is 10.0 Å². The highest BCUT2D eigenvalue weighted by Gasteiger charge is 2.26. The average Bonchev–Trinajstić information content (AvgIpc) is 2.36. The standard InChI is InChI=1S/C15H22Cl2N2.ClH/c1-2-3-4-11-10-19(6-5-15(11)18)14-8-12(16)7-13(17)9-14;/h7-9,11,15H,2-6,10,18H2,1H3;1H/t11-,15-;/m0./s1. The van der Waals surface area contributed by atoms with E-state index in [1.807, 2.05) is 12.1 Å². The van der Waals surface area contributed by atoms with Gasteiger partial charge in [0.25, 0.3) is 0 Å². The second-order valence-corrected chi connectivity index (χ2v) is 6.30. The molecule has 0 amide bonds. The molecule has 20 heavy (non-hydrogen) atoms. The summed E-state index contributed by atoms with van der Waals surface area (Å²) in [6.45, 7) is 4.22. The van der Waals surface area contributed by atoms with Crippen molar-refractivity contribution in [2.24, 2.45) is 11.7 Å². The zero-order valence-electron chi connectivity index (χ0n) is 11.8. The van der Waals surface area contributed by atoms with E-state index in [-0.39, 0.29) is 12.4 Å². The molecule has 1 fully saturated rings. The summed E-state index contributed by atoms with van der Waals surface area (Å²) in [7, 11) is 0. The van der Waals surface area contributed by atoms with E-state index in [0.717, 1.165) is 25.2 Å². The molecule has 0 aromatic heterocycles. The van der Waals surface area contributed by atoms with Crippen LogP contribution in [0.3, 0.4) is 0 Å². The first-order valence-corrected chi connectivity index (χ1v) is 7.82. The first kappa shape index (κ1) is 17.9. The van der Waals surface area contributed by atoms with Crippen molar-refractivity contribution in [1.82, 2.24) is 0 Å². The van der Waals surface area contributed by atoms with Crippen LogP contribution in [0.4, 0.5) is 5.69 Å². The summed E-state index contributed by atoms with van der Waals surface area (Å²) in [5.41, 5.74) is 7.36. The normalized spacial score (nSPS) is 22.5. The van der Waals surface area contributed by atoms with E-state index >= 15 is 0 Å². The Hall–Kier alpha value is -0.150. The first-order valence-electron chi connectivity index (χ1n) is 7.06. The lowest BCUT2D eigenvalue weighted by molar-refractivity contribution is 0.330. The summed E-state index contributed by atoms with van der Waals surface area (Å²) >= 11 is 12.2. The van der Waals surface area contributed by atoms with Crippen molar-refractivity contribution in [3.63, 3.8) is 0 Å². The molecule has 1 aromatic rings. The SMILES string of the molecule is CCCC[C@H]1CN(c2cc(Cl)cc(Cl)c2)CC[C@@H]1N.Cl. The number of halogens is 3. The minimum Gasteiger partial charge on any atom is -0.371 e. The van der Waals surface area contributed by atoms with Crippen molar-refractivity contribution in [1.29, 1.82) is 0 Å². The van der Waals surface area contributed by atoms with Gasteiger partial charge >= 0.3 is 0 Å². The third kappa shape index (κ3) is 4.70. The molecule has 1 saturated heterocycles. The number of unbranched alkanes of at least 4 members (excludes halogenated alkanes) is 1. The van der Waals surface area contributed by atoms with E-state index in [1.165, 1.54) is 19.3 Å². The third-order valence-corrected chi connectivity index (χ3v) is 4.37. The quantitative estimate of drug-likeness (QED) is 0.858. The number of anilines is 1. The molecule has 2 atom stereocenters. The van der Waals surface area contributed by atoms with Crippen molar-refractivity contribution < 1.29 is 0 Å². The fourth-order valence-electron chi connectivity index (χ4n) is 2.78. The van der Waals surface area contributed by atoms with Gasteiger partial charge in [-0.3, -0.25) is 0 Å². The molecule has 1 aliphatic heterocycles. The fourth-order valence-corrected chi connectivity index (χ4v) is 3.29. The Morgan fingerprint density at radius 2 is 1.90 bits per heavy atom. The van der Waals surface area contributed by atoms with E-state index in [1.54, 1.807) is 6.07 Å². The first-order chi connectivity index (χ1) is 9.10. The second-order valence-electron chi connectivity index (χ2n) is 5.43. The van der Waals surface area contributed by atoms with Gasteiger partial charge < -0.3 is 10.6 Å². The number of hydrogen-bond acceptors (Lipinski definition) is 2. The average molecular weight is 338 g/mol. The number of benzene rings is 1. The maximum absolute atomic E-state index is 6.24. The number of hydrogen-bond donors (Lipinski definition) is 1. The van der Waals surface area contributed by atoms with Crippen LogP contribution in [-0.2, 0) is 0 Å². The van der Waals surface area contributed by atoms with Gasteiger partial charge in [-0.15, -0.1) is 12.4 Å². The summed E-state index contributed by atoms with van der Waals surface area (Å²) in [4.78, 5) is 2.36. The lowest BCUT2D eigenvalue weighted by Crippen LogP contribution is -2.47. The van der Waals surface area contributed by atoms with Crippen LogP contribution in [-0.4, -0.2) is 19.1 Å². The zero-order valence-corrected chi connectivity index (χ0v) is 14.1. The second kappa shape index (κ2) is 8.33. The molecular formula is C15H23Cl3N2. The maximum atomic E-state index is 6.24. The summed E-state index contributed by atoms with van der Waals surface area (Å²) in [6.07, 6.45) is 4.73.